The van der Waals surface area contributed by atoms with E-state index in [2.05, 4.69) is 10.4 Å². The molecule has 1 N–H and O–H groups in total. The van der Waals surface area contributed by atoms with Crippen molar-refractivity contribution < 1.29 is 19.1 Å². The highest BCUT2D eigenvalue weighted by Gasteiger charge is 2.31. The molecule has 0 aliphatic carbocycles. The molecule has 1 aromatic heterocycles. The van der Waals surface area contributed by atoms with E-state index in [0.717, 1.165) is 22.2 Å². The van der Waals surface area contributed by atoms with Gasteiger partial charge in [-0.05, 0) is 23.8 Å². The van der Waals surface area contributed by atoms with Crippen molar-refractivity contribution in [3.05, 3.63) is 60.3 Å². The number of amides is 2. The minimum atomic E-state index is -0.761. The van der Waals surface area contributed by atoms with Crippen LogP contribution in [-0.2, 0) is 22.5 Å². The van der Waals surface area contributed by atoms with Crippen molar-refractivity contribution in [1.29, 1.82) is 0 Å². The van der Waals surface area contributed by atoms with Crippen molar-refractivity contribution in [2.75, 3.05) is 6.61 Å². The Labute approximate surface area is 149 Å². The Kier molecular flexibility index (Phi) is 4.27. The molecule has 1 unspecified atom stereocenters. The topological polar surface area (TPSA) is 82.5 Å². The lowest BCUT2D eigenvalue weighted by molar-refractivity contribution is -0.123. The van der Waals surface area contributed by atoms with E-state index < -0.39 is 18.1 Å². The number of benzene rings is 2. The zero-order valence-electron chi connectivity index (χ0n) is 13.9. The second-order valence-electron chi connectivity index (χ2n) is 6.03. The van der Waals surface area contributed by atoms with Crippen molar-refractivity contribution >= 4 is 22.9 Å². The number of nitrogens with zero attached hydrogens (tertiary/aromatic N) is 2. The van der Waals surface area contributed by atoms with E-state index in [-0.39, 0.29) is 0 Å². The summed E-state index contributed by atoms with van der Waals surface area (Å²) < 4.78 is 12.5. The van der Waals surface area contributed by atoms with Crippen LogP contribution in [0.1, 0.15) is 5.56 Å². The molecule has 26 heavy (non-hydrogen) atoms. The SMILES string of the molecule is O=C1NC(=O)C(Cc2ccc(OCCn3cc4ccccc4n3)cc2)O1. The number of ether oxygens (including phenoxy) is 2. The number of hydrogen-bond donors (Lipinski definition) is 1. The summed E-state index contributed by atoms with van der Waals surface area (Å²) in [6, 6.07) is 15.4. The standard InChI is InChI=1S/C19H17N3O4/c23-18-17(26-19(24)20-18)11-13-5-7-15(8-6-13)25-10-9-22-12-14-3-1-2-4-16(14)21-22/h1-8,12,17H,9-11H2,(H,20,23,24). The van der Waals surface area contributed by atoms with Crippen LogP contribution in [0, 0.1) is 0 Å². The van der Waals surface area contributed by atoms with Crippen LogP contribution in [0.5, 0.6) is 5.75 Å². The molecule has 0 bridgehead atoms. The quantitative estimate of drug-likeness (QED) is 0.737. The van der Waals surface area contributed by atoms with Gasteiger partial charge in [0.2, 0.25) is 0 Å². The molecule has 132 valence electrons. The molecule has 0 spiro atoms. The zero-order chi connectivity index (χ0) is 17.9. The molecule has 0 radical (unpaired) electrons. The molecule has 1 atom stereocenters. The summed E-state index contributed by atoms with van der Waals surface area (Å²) in [4.78, 5) is 22.5. The normalized spacial score (nSPS) is 16.5. The highest BCUT2D eigenvalue weighted by molar-refractivity contribution is 6.00. The minimum Gasteiger partial charge on any atom is -0.492 e. The molecular formula is C19H17N3O4. The molecule has 7 nitrogen and oxygen atoms in total. The maximum Gasteiger partial charge on any atom is 0.414 e. The van der Waals surface area contributed by atoms with Gasteiger partial charge in [0.25, 0.3) is 5.91 Å². The van der Waals surface area contributed by atoms with Gasteiger partial charge in [0.1, 0.15) is 12.4 Å². The highest BCUT2D eigenvalue weighted by Crippen LogP contribution is 2.16. The summed E-state index contributed by atoms with van der Waals surface area (Å²) in [6.07, 6.45) is 0.891. The van der Waals surface area contributed by atoms with Crippen LogP contribution in [0.25, 0.3) is 10.9 Å². The molecule has 1 fully saturated rings. The van der Waals surface area contributed by atoms with Crippen molar-refractivity contribution in [3.63, 3.8) is 0 Å². The average Bonchev–Trinajstić information content (AvgIpc) is 3.18. The highest BCUT2D eigenvalue weighted by atomic mass is 16.6. The second kappa shape index (κ2) is 6.87. The number of hydrogen-bond acceptors (Lipinski definition) is 5. The number of alkyl carbamates (subject to hydrolysis) is 1. The lowest BCUT2D eigenvalue weighted by atomic mass is 10.1. The Morgan fingerprint density at radius 1 is 1.12 bits per heavy atom. The van der Waals surface area contributed by atoms with E-state index in [4.69, 9.17) is 9.47 Å². The second-order valence-corrected chi connectivity index (χ2v) is 6.03. The molecule has 7 heteroatoms. The predicted octanol–water partition coefficient (Wildman–Crippen LogP) is 2.29. The number of carbonyl (C=O) groups is 2. The molecular weight excluding hydrogens is 334 g/mol. The van der Waals surface area contributed by atoms with E-state index in [9.17, 15) is 9.59 Å². The van der Waals surface area contributed by atoms with E-state index in [1.165, 1.54) is 0 Å². The Morgan fingerprint density at radius 2 is 1.92 bits per heavy atom. The first kappa shape index (κ1) is 16.1. The van der Waals surface area contributed by atoms with Gasteiger partial charge in [-0.3, -0.25) is 14.8 Å². The third-order valence-electron chi connectivity index (χ3n) is 4.16. The molecule has 2 aromatic carbocycles. The lowest BCUT2D eigenvalue weighted by Gasteiger charge is -2.09. The van der Waals surface area contributed by atoms with Crippen LogP contribution in [-0.4, -0.2) is 34.5 Å². The summed E-state index contributed by atoms with van der Waals surface area (Å²) in [6.45, 7) is 1.14. The molecule has 1 aliphatic rings. The smallest absolute Gasteiger partial charge is 0.414 e. The van der Waals surface area contributed by atoms with Gasteiger partial charge >= 0.3 is 6.09 Å². The van der Waals surface area contributed by atoms with Crippen molar-refractivity contribution in [2.24, 2.45) is 0 Å². The van der Waals surface area contributed by atoms with Crippen LogP contribution in [0.15, 0.2) is 54.7 Å². The fourth-order valence-corrected chi connectivity index (χ4v) is 2.85. The summed E-state index contributed by atoms with van der Waals surface area (Å²) >= 11 is 0. The van der Waals surface area contributed by atoms with E-state index in [1.807, 2.05) is 59.4 Å². The first-order chi connectivity index (χ1) is 12.7. The third kappa shape index (κ3) is 3.51. The number of imide groups is 1. The number of nitrogens with one attached hydrogen (secondary N) is 1. The van der Waals surface area contributed by atoms with Crippen LogP contribution in [0.2, 0.25) is 0 Å². The lowest BCUT2D eigenvalue weighted by Crippen LogP contribution is -2.25. The fourth-order valence-electron chi connectivity index (χ4n) is 2.85. The monoisotopic (exact) mass is 351 g/mol. The van der Waals surface area contributed by atoms with Crippen LogP contribution >= 0.6 is 0 Å². The third-order valence-corrected chi connectivity index (χ3v) is 4.16. The van der Waals surface area contributed by atoms with Crippen molar-refractivity contribution in [1.82, 2.24) is 15.1 Å². The Hall–Kier alpha value is -3.35. The Morgan fingerprint density at radius 3 is 2.65 bits per heavy atom. The minimum absolute atomic E-state index is 0.345. The van der Waals surface area contributed by atoms with E-state index in [1.54, 1.807) is 0 Å². The van der Waals surface area contributed by atoms with Gasteiger partial charge in [-0.25, -0.2) is 4.79 Å². The van der Waals surface area contributed by atoms with Crippen LogP contribution in [0.3, 0.4) is 0 Å². The molecule has 1 saturated heterocycles. The zero-order valence-corrected chi connectivity index (χ0v) is 13.9. The molecule has 4 rings (SSSR count). The Balaban J connectivity index is 1.30. The average molecular weight is 351 g/mol. The Bertz CT molecular complexity index is 916. The van der Waals surface area contributed by atoms with Crippen LogP contribution < -0.4 is 10.1 Å². The largest absolute Gasteiger partial charge is 0.492 e. The number of fused-ring (bicyclic) bond motifs is 1. The van der Waals surface area contributed by atoms with E-state index in [0.29, 0.717) is 19.6 Å². The molecule has 2 amide bonds. The molecule has 0 saturated carbocycles. The molecule has 1 aliphatic heterocycles. The van der Waals surface area contributed by atoms with E-state index >= 15 is 0 Å². The van der Waals surface area contributed by atoms with Crippen molar-refractivity contribution in [2.45, 2.75) is 19.1 Å². The van der Waals surface area contributed by atoms with Gasteiger partial charge in [0, 0.05) is 18.0 Å². The van der Waals surface area contributed by atoms with Gasteiger partial charge in [-0.2, -0.15) is 5.10 Å². The number of cyclic esters (lactones) is 1. The first-order valence-electron chi connectivity index (χ1n) is 8.33. The van der Waals surface area contributed by atoms with Gasteiger partial charge < -0.3 is 9.47 Å². The fraction of sp³-hybridized carbons (Fsp3) is 0.211. The number of aromatic nitrogens is 2. The predicted molar refractivity (Wildman–Crippen MR) is 93.8 cm³/mol. The summed E-state index contributed by atoms with van der Waals surface area (Å²) in [5.41, 5.74) is 1.86. The number of rotatable bonds is 6. The van der Waals surface area contributed by atoms with Gasteiger partial charge in [0.15, 0.2) is 6.10 Å². The summed E-state index contributed by atoms with van der Waals surface area (Å²) in [7, 11) is 0. The number of carbonyl (C=O) groups excluding carboxylic acids is 2. The maximum absolute atomic E-state index is 11.5. The van der Waals surface area contributed by atoms with Gasteiger partial charge in [-0.1, -0.05) is 30.3 Å². The maximum atomic E-state index is 11.5. The summed E-state index contributed by atoms with van der Waals surface area (Å²) in [5, 5.41) is 7.71. The summed E-state index contributed by atoms with van der Waals surface area (Å²) in [5.74, 6) is 0.334. The van der Waals surface area contributed by atoms with Crippen LogP contribution in [0.4, 0.5) is 4.79 Å². The first-order valence-corrected chi connectivity index (χ1v) is 8.33. The molecule has 3 aromatic rings. The van der Waals surface area contributed by atoms with Gasteiger partial charge in [0.05, 0.1) is 12.1 Å². The molecule has 2 heterocycles. The van der Waals surface area contributed by atoms with Crippen molar-refractivity contribution in [3.8, 4) is 5.75 Å². The van der Waals surface area contributed by atoms with Gasteiger partial charge in [-0.15, -0.1) is 0 Å².